The van der Waals surface area contributed by atoms with Crippen LogP contribution < -0.4 is 5.32 Å². The van der Waals surface area contributed by atoms with Crippen molar-refractivity contribution in [3.05, 3.63) is 87.4 Å². The molecule has 4 heteroatoms. The van der Waals surface area contributed by atoms with Gasteiger partial charge in [-0.05, 0) is 65.6 Å². The van der Waals surface area contributed by atoms with E-state index in [-0.39, 0.29) is 0 Å². The Hall–Kier alpha value is -2.23. The predicted molar refractivity (Wildman–Crippen MR) is 114 cm³/mol. The molecule has 26 heavy (non-hydrogen) atoms. The Morgan fingerprint density at radius 2 is 2.15 bits per heavy atom. The van der Waals surface area contributed by atoms with E-state index in [0.717, 1.165) is 42.0 Å². The predicted octanol–water partition coefficient (Wildman–Crippen LogP) is 6.33. The number of aromatic amines is 1. The molecule has 0 radical (unpaired) electrons. The van der Waals surface area contributed by atoms with Gasteiger partial charge in [0.05, 0.1) is 0 Å². The molecule has 0 saturated heterocycles. The zero-order chi connectivity index (χ0) is 17.9. The fourth-order valence-electron chi connectivity index (χ4n) is 3.37. The van der Waals surface area contributed by atoms with Crippen molar-refractivity contribution in [1.82, 2.24) is 10.3 Å². The molecule has 0 saturated carbocycles. The van der Waals surface area contributed by atoms with Crippen LogP contribution in [0.4, 0.5) is 0 Å². The molecular formula is C22H21ClN2S. The van der Waals surface area contributed by atoms with Crippen LogP contribution in [0.2, 0.25) is 5.02 Å². The van der Waals surface area contributed by atoms with Gasteiger partial charge in [-0.3, -0.25) is 0 Å². The Balaban J connectivity index is 1.36. The Morgan fingerprint density at radius 3 is 2.92 bits per heavy atom. The molecular weight excluding hydrogens is 360 g/mol. The number of hydrogen-bond donors (Lipinski definition) is 2. The van der Waals surface area contributed by atoms with E-state index < -0.39 is 0 Å². The molecule has 3 aromatic rings. The SMILES string of the molecule is C=C(NCCc1c[nH]c2ccc(Cl)cc12)C1=CC=C(c2cccs2)CC1. The van der Waals surface area contributed by atoms with Gasteiger partial charge in [-0.25, -0.2) is 0 Å². The standard InChI is InChI=1S/C22H21ClN2S/c1-15(16-4-6-17(7-5-16)22-3-2-12-26-22)24-11-10-18-14-25-21-9-8-19(23)13-20(18)21/h2-4,6,8-9,12-14,24-25H,1,5,7,10-11H2. The second kappa shape index (κ2) is 7.56. The van der Waals surface area contributed by atoms with Crippen LogP contribution in [-0.4, -0.2) is 11.5 Å². The average Bonchev–Trinajstić information content (AvgIpc) is 3.32. The van der Waals surface area contributed by atoms with Gasteiger partial charge in [-0.1, -0.05) is 36.4 Å². The highest BCUT2D eigenvalue weighted by Gasteiger charge is 2.11. The Kier molecular flexibility index (Phi) is 5.00. The van der Waals surface area contributed by atoms with Crippen LogP contribution in [0.5, 0.6) is 0 Å². The van der Waals surface area contributed by atoms with Crippen molar-refractivity contribution in [3.63, 3.8) is 0 Å². The minimum atomic E-state index is 0.774. The maximum atomic E-state index is 6.13. The number of rotatable bonds is 6. The summed E-state index contributed by atoms with van der Waals surface area (Å²) in [5.74, 6) is 0. The number of thiophene rings is 1. The molecule has 2 aromatic heterocycles. The van der Waals surface area contributed by atoms with Gasteiger partial charge in [0.15, 0.2) is 0 Å². The first-order valence-electron chi connectivity index (χ1n) is 8.83. The monoisotopic (exact) mass is 380 g/mol. The summed E-state index contributed by atoms with van der Waals surface area (Å²) in [4.78, 5) is 4.68. The van der Waals surface area contributed by atoms with Crippen LogP contribution in [0.15, 0.2) is 71.9 Å². The summed E-state index contributed by atoms with van der Waals surface area (Å²) in [5.41, 5.74) is 6.16. The fourth-order valence-corrected chi connectivity index (χ4v) is 4.33. The highest BCUT2D eigenvalue weighted by Crippen LogP contribution is 2.31. The summed E-state index contributed by atoms with van der Waals surface area (Å²) in [6, 6.07) is 10.3. The molecule has 2 heterocycles. The molecule has 0 fully saturated rings. The van der Waals surface area contributed by atoms with Crippen LogP contribution >= 0.6 is 22.9 Å². The number of benzene rings is 1. The minimum Gasteiger partial charge on any atom is -0.385 e. The van der Waals surface area contributed by atoms with Crippen molar-refractivity contribution in [1.29, 1.82) is 0 Å². The maximum absolute atomic E-state index is 6.13. The van der Waals surface area contributed by atoms with E-state index in [0.29, 0.717) is 0 Å². The Morgan fingerprint density at radius 1 is 1.23 bits per heavy atom. The molecule has 132 valence electrons. The highest BCUT2D eigenvalue weighted by molar-refractivity contribution is 7.11. The quantitative estimate of drug-likeness (QED) is 0.513. The van der Waals surface area contributed by atoms with E-state index in [1.807, 2.05) is 18.2 Å². The van der Waals surface area contributed by atoms with Crippen LogP contribution in [0.3, 0.4) is 0 Å². The van der Waals surface area contributed by atoms with Crippen molar-refractivity contribution >= 4 is 39.4 Å². The van der Waals surface area contributed by atoms with Gasteiger partial charge >= 0.3 is 0 Å². The molecule has 2 N–H and O–H groups in total. The lowest BCUT2D eigenvalue weighted by atomic mass is 9.95. The molecule has 1 aliphatic carbocycles. The zero-order valence-electron chi connectivity index (χ0n) is 14.5. The average molecular weight is 381 g/mol. The van der Waals surface area contributed by atoms with E-state index in [9.17, 15) is 0 Å². The summed E-state index contributed by atoms with van der Waals surface area (Å²) < 4.78 is 0. The number of nitrogens with one attached hydrogen (secondary N) is 2. The van der Waals surface area contributed by atoms with Gasteiger partial charge in [0, 0.05) is 39.2 Å². The van der Waals surface area contributed by atoms with E-state index in [2.05, 4.69) is 52.7 Å². The second-order valence-corrected chi connectivity index (χ2v) is 7.90. The summed E-state index contributed by atoms with van der Waals surface area (Å²) in [6.07, 6.45) is 9.56. The number of aromatic nitrogens is 1. The lowest BCUT2D eigenvalue weighted by Gasteiger charge is -2.17. The first kappa shape index (κ1) is 17.2. The molecule has 0 spiro atoms. The molecule has 0 unspecified atom stereocenters. The smallest absolute Gasteiger partial charge is 0.0457 e. The number of allylic oxidation sites excluding steroid dienone is 4. The van der Waals surface area contributed by atoms with Gasteiger partial charge in [0.1, 0.15) is 0 Å². The van der Waals surface area contributed by atoms with Crippen LogP contribution in [-0.2, 0) is 6.42 Å². The van der Waals surface area contributed by atoms with Crippen LogP contribution in [0.1, 0.15) is 23.3 Å². The molecule has 0 aliphatic heterocycles. The van der Waals surface area contributed by atoms with E-state index >= 15 is 0 Å². The van der Waals surface area contributed by atoms with Crippen molar-refractivity contribution in [2.45, 2.75) is 19.3 Å². The van der Waals surface area contributed by atoms with E-state index in [1.54, 1.807) is 11.3 Å². The third-order valence-electron chi connectivity index (χ3n) is 4.84. The molecule has 0 bridgehead atoms. The summed E-state index contributed by atoms with van der Waals surface area (Å²) in [6.45, 7) is 5.08. The van der Waals surface area contributed by atoms with Gasteiger partial charge < -0.3 is 10.3 Å². The lowest BCUT2D eigenvalue weighted by Crippen LogP contribution is -2.18. The fraction of sp³-hybridized carbons (Fsp3) is 0.182. The molecule has 1 aromatic carbocycles. The van der Waals surface area contributed by atoms with Crippen molar-refractivity contribution in [2.24, 2.45) is 0 Å². The summed E-state index contributed by atoms with van der Waals surface area (Å²) in [7, 11) is 0. The third-order valence-corrected chi connectivity index (χ3v) is 6.02. The number of fused-ring (bicyclic) bond motifs is 1. The summed E-state index contributed by atoms with van der Waals surface area (Å²) in [5, 5.41) is 7.59. The van der Waals surface area contributed by atoms with Crippen LogP contribution in [0.25, 0.3) is 16.5 Å². The highest BCUT2D eigenvalue weighted by atomic mass is 35.5. The van der Waals surface area contributed by atoms with Crippen LogP contribution in [0, 0.1) is 0 Å². The van der Waals surface area contributed by atoms with Crippen molar-refractivity contribution < 1.29 is 0 Å². The first-order valence-corrected chi connectivity index (χ1v) is 10.1. The first-order chi connectivity index (χ1) is 12.7. The molecule has 2 nitrogen and oxygen atoms in total. The third kappa shape index (κ3) is 3.64. The summed E-state index contributed by atoms with van der Waals surface area (Å²) >= 11 is 7.93. The van der Waals surface area contributed by atoms with Gasteiger partial charge in [0.25, 0.3) is 0 Å². The zero-order valence-corrected chi connectivity index (χ0v) is 16.1. The normalized spacial score (nSPS) is 14.2. The van der Waals surface area contributed by atoms with E-state index in [4.69, 9.17) is 11.6 Å². The number of halogens is 1. The topological polar surface area (TPSA) is 27.8 Å². The Labute approximate surface area is 162 Å². The number of H-pyrrole nitrogens is 1. The second-order valence-electron chi connectivity index (χ2n) is 6.52. The lowest BCUT2D eigenvalue weighted by molar-refractivity contribution is 0.784. The van der Waals surface area contributed by atoms with Crippen molar-refractivity contribution in [2.75, 3.05) is 6.54 Å². The molecule has 4 rings (SSSR count). The molecule has 0 atom stereocenters. The number of hydrogen-bond acceptors (Lipinski definition) is 2. The van der Waals surface area contributed by atoms with Gasteiger partial charge in [0.2, 0.25) is 0 Å². The minimum absolute atomic E-state index is 0.774. The van der Waals surface area contributed by atoms with Gasteiger partial charge in [-0.2, -0.15) is 0 Å². The van der Waals surface area contributed by atoms with Crippen molar-refractivity contribution in [3.8, 4) is 0 Å². The van der Waals surface area contributed by atoms with Gasteiger partial charge in [-0.15, -0.1) is 11.3 Å². The molecule has 1 aliphatic rings. The largest absolute Gasteiger partial charge is 0.385 e. The Bertz CT molecular complexity index is 993. The molecule has 0 amide bonds. The maximum Gasteiger partial charge on any atom is 0.0457 e. The van der Waals surface area contributed by atoms with E-state index in [1.165, 1.54) is 27.0 Å².